The Balaban J connectivity index is 1.43. The van der Waals surface area contributed by atoms with E-state index in [9.17, 15) is 9.90 Å². The third-order valence-corrected chi connectivity index (χ3v) is 3.44. The molecule has 1 heterocycles. The van der Waals surface area contributed by atoms with E-state index in [0.717, 1.165) is 18.4 Å². The van der Waals surface area contributed by atoms with Crippen LogP contribution in [-0.2, 0) is 11.3 Å². The molecule has 0 radical (unpaired) electrons. The van der Waals surface area contributed by atoms with Gasteiger partial charge in [0.2, 0.25) is 12.7 Å². The third kappa shape index (κ3) is 2.96. The molecule has 1 fully saturated rings. The summed E-state index contributed by atoms with van der Waals surface area (Å²) in [5, 5.41) is 15.9. The summed E-state index contributed by atoms with van der Waals surface area (Å²) in [7, 11) is 0. The first-order chi connectivity index (χ1) is 9.74. The standard InChI is InChI=1S/C14H18N2O4/c17-11-6-13-12(19-8-20-13)5-10(11)7-15-3-4-16-14(18)9-1-2-9/h5-6,9,15,17H,1-4,7-8H2,(H,16,18). The second-order valence-electron chi connectivity index (χ2n) is 5.08. The number of hydrogen-bond acceptors (Lipinski definition) is 5. The van der Waals surface area contributed by atoms with Crippen molar-refractivity contribution < 1.29 is 19.4 Å². The van der Waals surface area contributed by atoms with Gasteiger partial charge in [-0.1, -0.05) is 0 Å². The Kier molecular flexibility index (Phi) is 3.64. The molecule has 3 rings (SSSR count). The molecule has 1 aliphatic carbocycles. The summed E-state index contributed by atoms with van der Waals surface area (Å²) in [6.45, 7) is 1.97. The summed E-state index contributed by atoms with van der Waals surface area (Å²) in [5.74, 6) is 1.80. The molecule has 0 aromatic heterocycles. The van der Waals surface area contributed by atoms with Crippen LogP contribution >= 0.6 is 0 Å². The second kappa shape index (κ2) is 5.58. The highest BCUT2D eigenvalue weighted by Crippen LogP contribution is 2.37. The van der Waals surface area contributed by atoms with Gasteiger partial charge in [0, 0.05) is 37.2 Å². The van der Waals surface area contributed by atoms with E-state index in [0.29, 0.717) is 31.1 Å². The van der Waals surface area contributed by atoms with Crippen molar-refractivity contribution in [2.75, 3.05) is 19.9 Å². The van der Waals surface area contributed by atoms with Crippen molar-refractivity contribution in [3.8, 4) is 17.2 Å². The number of phenols is 1. The van der Waals surface area contributed by atoms with Crippen molar-refractivity contribution in [2.45, 2.75) is 19.4 Å². The molecule has 0 spiro atoms. The Morgan fingerprint density at radius 1 is 1.25 bits per heavy atom. The van der Waals surface area contributed by atoms with E-state index in [1.165, 1.54) is 0 Å². The molecule has 1 aromatic rings. The van der Waals surface area contributed by atoms with Gasteiger partial charge in [-0.3, -0.25) is 4.79 Å². The van der Waals surface area contributed by atoms with Crippen LogP contribution in [0.25, 0.3) is 0 Å². The molecule has 1 aliphatic heterocycles. The van der Waals surface area contributed by atoms with Crippen LogP contribution in [-0.4, -0.2) is 30.9 Å². The van der Waals surface area contributed by atoms with Crippen molar-refractivity contribution >= 4 is 5.91 Å². The fraction of sp³-hybridized carbons (Fsp3) is 0.500. The highest BCUT2D eigenvalue weighted by Gasteiger charge is 2.28. The second-order valence-corrected chi connectivity index (χ2v) is 5.08. The van der Waals surface area contributed by atoms with Crippen LogP contribution in [0.15, 0.2) is 12.1 Å². The number of ether oxygens (including phenoxy) is 2. The van der Waals surface area contributed by atoms with E-state index < -0.39 is 0 Å². The molecular formula is C14H18N2O4. The van der Waals surface area contributed by atoms with Crippen molar-refractivity contribution in [3.05, 3.63) is 17.7 Å². The number of nitrogens with one attached hydrogen (secondary N) is 2. The fourth-order valence-corrected chi connectivity index (χ4v) is 2.10. The minimum absolute atomic E-state index is 0.151. The third-order valence-electron chi connectivity index (χ3n) is 3.44. The number of phenolic OH excluding ortho intramolecular Hbond substituents is 1. The summed E-state index contributed by atoms with van der Waals surface area (Å²) >= 11 is 0. The number of fused-ring (bicyclic) bond motifs is 1. The Morgan fingerprint density at radius 2 is 2.00 bits per heavy atom. The van der Waals surface area contributed by atoms with Crippen LogP contribution < -0.4 is 20.1 Å². The monoisotopic (exact) mass is 278 g/mol. The fourth-order valence-electron chi connectivity index (χ4n) is 2.10. The van der Waals surface area contributed by atoms with Crippen LogP contribution in [0.3, 0.4) is 0 Å². The van der Waals surface area contributed by atoms with Gasteiger partial charge in [-0.05, 0) is 18.9 Å². The number of amides is 1. The van der Waals surface area contributed by atoms with E-state index in [1.807, 2.05) is 0 Å². The maximum atomic E-state index is 11.4. The zero-order valence-electron chi connectivity index (χ0n) is 11.1. The minimum atomic E-state index is 0.151. The lowest BCUT2D eigenvalue weighted by Gasteiger charge is -2.09. The van der Waals surface area contributed by atoms with E-state index in [-0.39, 0.29) is 24.4 Å². The topological polar surface area (TPSA) is 79.8 Å². The van der Waals surface area contributed by atoms with E-state index >= 15 is 0 Å². The molecule has 0 bridgehead atoms. The predicted octanol–water partition coefficient (Wildman–Crippen LogP) is 0.737. The molecule has 6 nitrogen and oxygen atoms in total. The van der Waals surface area contributed by atoms with Crippen molar-refractivity contribution in [1.82, 2.24) is 10.6 Å². The molecule has 20 heavy (non-hydrogen) atoms. The maximum Gasteiger partial charge on any atom is 0.231 e. The first kappa shape index (κ1) is 13.1. The molecule has 1 aromatic carbocycles. The Hall–Kier alpha value is -1.95. The van der Waals surface area contributed by atoms with Crippen molar-refractivity contribution in [3.63, 3.8) is 0 Å². The molecule has 3 N–H and O–H groups in total. The molecule has 1 amide bonds. The minimum Gasteiger partial charge on any atom is -0.507 e. The van der Waals surface area contributed by atoms with Crippen molar-refractivity contribution in [1.29, 1.82) is 0 Å². The van der Waals surface area contributed by atoms with Crippen LogP contribution in [0.4, 0.5) is 0 Å². The Morgan fingerprint density at radius 3 is 2.75 bits per heavy atom. The van der Waals surface area contributed by atoms with Gasteiger partial charge >= 0.3 is 0 Å². The van der Waals surface area contributed by atoms with Gasteiger partial charge in [0.15, 0.2) is 11.5 Å². The van der Waals surface area contributed by atoms with Gasteiger partial charge in [-0.25, -0.2) is 0 Å². The molecule has 1 saturated carbocycles. The zero-order chi connectivity index (χ0) is 13.9. The van der Waals surface area contributed by atoms with Crippen LogP contribution in [0.2, 0.25) is 0 Å². The smallest absolute Gasteiger partial charge is 0.231 e. The summed E-state index contributed by atoms with van der Waals surface area (Å²) in [6.07, 6.45) is 2.04. The van der Waals surface area contributed by atoms with Gasteiger partial charge in [0.25, 0.3) is 0 Å². The lowest BCUT2D eigenvalue weighted by Crippen LogP contribution is -2.32. The summed E-state index contributed by atoms with van der Waals surface area (Å²) in [5.41, 5.74) is 0.753. The number of carbonyl (C=O) groups is 1. The summed E-state index contributed by atoms with van der Waals surface area (Å²) in [6, 6.07) is 3.33. The Bertz CT molecular complexity index is 514. The van der Waals surface area contributed by atoms with Crippen LogP contribution in [0.5, 0.6) is 17.2 Å². The highest BCUT2D eigenvalue weighted by atomic mass is 16.7. The number of hydrogen-bond donors (Lipinski definition) is 3. The largest absolute Gasteiger partial charge is 0.507 e. The molecule has 0 unspecified atom stereocenters. The van der Waals surface area contributed by atoms with Crippen molar-refractivity contribution in [2.24, 2.45) is 5.92 Å². The lowest BCUT2D eigenvalue weighted by molar-refractivity contribution is -0.122. The highest BCUT2D eigenvalue weighted by molar-refractivity contribution is 5.80. The van der Waals surface area contributed by atoms with E-state index in [1.54, 1.807) is 12.1 Å². The zero-order valence-corrected chi connectivity index (χ0v) is 11.1. The van der Waals surface area contributed by atoms with Gasteiger partial charge < -0.3 is 25.2 Å². The molecule has 108 valence electrons. The molecule has 0 atom stereocenters. The van der Waals surface area contributed by atoms with Crippen LogP contribution in [0.1, 0.15) is 18.4 Å². The summed E-state index contributed by atoms with van der Waals surface area (Å²) in [4.78, 5) is 11.4. The SMILES string of the molecule is O=C(NCCNCc1cc2c(cc1O)OCO2)C1CC1. The Labute approximate surface area is 117 Å². The average molecular weight is 278 g/mol. The van der Waals surface area contributed by atoms with Gasteiger partial charge in [-0.2, -0.15) is 0 Å². The quantitative estimate of drug-likeness (QED) is 0.669. The normalized spacial score (nSPS) is 16.2. The molecular weight excluding hydrogens is 260 g/mol. The number of benzene rings is 1. The number of rotatable bonds is 6. The first-order valence-electron chi connectivity index (χ1n) is 6.84. The predicted molar refractivity (Wildman–Crippen MR) is 71.7 cm³/mol. The molecule has 2 aliphatic rings. The molecule has 0 saturated heterocycles. The van der Waals surface area contributed by atoms with Gasteiger partial charge in [0.1, 0.15) is 5.75 Å². The summed E-state index contributed by atoms with van der Waals surface area (Å²) < 4.78 is 10.5. The maximum absolute atomic E-state index is 11.4. The van der Waals surface area contributed by atoms with Crippen LogP contribution in [0, 0.1) is 5.92 Å². The first-order valence-corrected chi connectivity index (χ1v) is 6.84. The number of aromatic hydroxyl groups is 1. The number of carbonyl (C=O) groups excluding carboxylic acids is 1. The van der Waals surface area contributed by atoms with Gasteiger partial charge in [-0.15, -0.1) is 0 Å². The molecule has 6 heteroatoms. The van der Waals surface area contributed by atoms with Gasteiger partial charge in [0.05, 0.1) is 0 Å². The van der Waals surface area contributed by atoms with E-state index in [4.69, 9.17) is 9.47 Å². The van der Waals surface area contributed by atoms with E-state index in [2.05, 4.69) is 10.6 Å². The average Bonchev–Trinajstić information content (AvgIpc) is 3.19. The lowest BCUT2D eigenvalue weighted by atomic mass is 10.1.